The summed E-state index contributed by atoms with van der Waals surface area (Å²) in [5.74, 6) is -0.480. The van der Waals surface area contributed by atoms with Crippen LogP contribution in [0.3, 0.4) is 0 Å². The minimum atomic E-state index is -1.39. The Morgan fingerprint density at radius 1 is 1.71 bits per heavy atom. The Morgan fingerprint density at radius 3 is 2.94 bits per heavy atom. The maximum Gasteiger partial charge on any atom is 0.340 e. The van der Waals surface area contributed by atoms with Gasteiger partial charge in [-0.3, -0.25) is 0 Å². The van der Waals surface area contributed by atoms with Crippen LogP contribution in [0, 0.1) is 10.1 Å². The summed E-state index contributed by atoms with van der Waals surface area (Å²) in [6, 6.07) is 0. The van der Waals surface area contributed by atoms with Gasteiger partial charge in [-0.2, -0.15) is 0 Å². The lowest BCUT2D eigenvalue weighted by Gasteiger charge is -2.12. The Kier molecular flexibility index (Phi) is 4.40. The number of hydrogen-bond donors (Lipinski definition) is 3. The standard InChI is InChI=1S/C7H10N6O4/c8-12-10-2-1-4(14)6(15)7-9-3-5(11-7)13(16)17/h3-4,6,14-15H,1-2H2,(H,9,11). The second kappa shape index (κ2) is 5.80. The third-order valence-electron chi connectivity index (χ3n) is 2.01. The molecular weight excluding hydrogens is 232 g/mol. The van der Waals surface area contributed by atoms with Gasteiger partial charge in [0, 0.05) is 11.5 Å². The molecule has 1 heterocycles. The second-order valence-corrected chi connectivity index (χ2v) is 3.17. The zero-order valence-electron chi connectivity index (χ0n) is 8.59. The average molecular weight is 242 g/mol. The van der Waals surface area contributed by atoms with Gasteiger partial charge in [0.2, 0.25) is 5.82 Å². The van der Waals surface area contributed by atoms with E-state index in [-0.39, 0.29) is 24.6 Å². The summed E-state index contributed by atoms with van der Waals surface area (Å²) in [4.78, 5) is 18.0. The molecule has 17 heavy (non-hydrogen) atoms. The van der Waals surface area contributed by atoms with Crippen LogP contribution in [0.5, 0.6) is 0 Å². The molecule has 10 heteroatoms. The lowest BCUT2D eigenvalue weighted by molar-refractivity contribution is -0.389. The first-order chi connectivity index (χ1) is 8.06. The van der Waals surface area contributed by atoms with Gasteiger partial charge < -0.3 is 20.3 Å². The second-order valence-electron chi connectivity index (χ2n) is 3.17. The molecule has 92 valence electrons. The quantitative estimate of drug-likeness (QED) is 0.216. The van der Waals surface area contributed by atoms with E-state index in [2.05, 4.69) is 20.0 Å². The highest BCUT2D eigenvalue weighted by Gasteiger charge is 2.24. The first kappa shape index (κ1) is 12.9. The van der Waals surface area contributed by atoms with Crippen LogP contribution < -0.4 is 0 Å². The fourth-order valence-corrected chi connectivity index (χ4v) is 1.14. The van der Waals surface area contributed by atoms with Crippen LogP contribution >= 0.6 is 0 Å². The van der Waals surface area contributed by atoms with Crippen LogP contribution in [0.15, 0.2) is 11.3 Å². The molecule has 2 unspecified atom stereocenters. The Balaban J connectivity index is 2.64. The smallest absolute Gasteiger partial charge is 0.340 e. The molecule has 0 saturated heterocycles. The molecule has 0 bridgehead atoms. The monoisotopic (exact) mass is 242 g/mol. The highest BCUT2D eigenvalue weighted by atomic mass is 16.6. The lowest BCUT2D eigenvalue weighted by atomic mass is 10.1. The van der Waals surface area contributed by atoms with E-state index in [1.165, 1.54) is 0 Å². The number of hydrogen-bond acceptors (Lipinski definition) is 6. The highest BCUT2D eigenvalue weighted by Crippen LogP contribution is 2.18. The largest absolute Gasteiger partial charge is 0.390 e. The van der Waals surface area contributed by atoms with Crippen molar-refractivity contribution in [2.75, 3.05) is 6.54 Å². The van der Waals surface area contributed by atoms with E-state index in [4.69, 9.17) is 5.53 Å². The number of aliphatic hydroxyl groups is 2. The highest BCUT2D eigenvalue weighted by molar-refractivity contribution is 5.16. The molecule has 0 spiro atoms. The number of nitro groups is 1. The number of nitrogens with zero attached hydrogens (tertiary/aromatic N) is 5. The van der Waals surface area contributed by atoms with Crippen LogP contribution in [-0.4, -0.2) is 37.8 Å². The van der Waals surface area contributed by atoms with Crippen LogP contribution in [0.4, 0.5) is 5.82 Å². The number of imidazole rings is 1. The number of aromatic nitrogens is 2. The predicted octanol–water partition coefficient (Wildman–Crippen LogP) is 0.413. The van der Waals surface area contributed by atoms with E-state index in [1.807, 2.05) is 0 Å². The fraction of sp³-hybridized carbons (Fsp3) is 0.571. The van der Waals surface area contributed by atoms with Gasteiger partial charge in [-0.1, -0.05) is 5.11 Å². The minimum absolute atomic E-state index is 0.0114. The Hall–Kier alpha value is -2.16. The van der Waals surface area contributed by atoms with Crippen molar-refractivity contribution < 1.29 is 15.1 Å². The lowest BCUT2D eigenvalue weighted by Crippen LogP contribution is -2.20. The SMILES string of the molecule is [N-]=[N+]=NCCC(O)C(O)c1ncc([N+](=O)[O-])[nH]1. The van der Waals surface area contributed by atoms with Crippen molar-refractivity contribution >= 4 is 5.82 Å². The molecule has 1 aromatic heterocycles. The molecular formula is C7H10N6O4. The van der Waals surface area contributed by atoms with E-state index >= 15 is 0 Å². The number of aromatic amines is 1. The molecule has 0 aliphatic carbocycles. The third-order valence-corrected chi connectivity index (χ3v) is 2.01. The summed E-state index contributed by atoms with van der Waals surface area (Å²) < 4.78 is 0. The summed E-state index contributed by atoms with van der Waals surface area (Å²) >= 11 is 0. The van der Waals surface area contributed by atoms with E-state index in [0.29, 0.717) is 0 Å². The van der Waals surface area contributed by atoms with Crippen LogP contribution in [-0.2, 0) is 0 Å². The van der Waals surface area contributed by atoms with Gasteiger partial charge in [0.1, 0.15) is 6.20 Å². The van der Waals surface area contributed by atoms with Gasteiger partial charge in [0.25, 0.3) is 0 Å². The summed E-state index contributed by atoms with van der Waals surface area (Å²) in [5, 5.41) is 32.6. The molecule has 0 amide bonds. The minimum Gasteiger partial charge on any atom is -0.390 e. The zero-order chi connectivity index (χ0) is 12.8. The molecule has 1 rings (SSSR count). The van der Waals surface area contributed by atoms with Crippen molar-refractivity contribution in [1.82, 2.24) is 9.97 Å². The first-order valence-electron chi connectivity index (χ1n) is 4.62. The number of aliphatic hydroxyl groups excluding tert-OH is 2. The van der Waals surface area contributed by atoms with Gasteiger partial charge in [0.05, 0.1) is 6.10 Å². The molecule has 0 saturated carbocycles. The molecule has 3 N–H and O–H groups in total. The summed E-state index contributed by atoms with van der Waals surface area (Å²) in [6.07, 6.45) is -1.64. The van der Waals surface area contributed by atoms with Crippen molar-refractivity contribution in [2.24, 2.45) is 5.11 Å². The van der Waals surface area contributed by atoms with Crippen molar-refractivity contribution in [1.29, 1.82) is 0 Å². The summed E-state index contributed by atoms with van der Waals surface area (Å²) in [5.41, 5.74) is 8.02. The van der Waals surface area contributed by atoms with Gasteiger partial charge in [-0.25, -0.2) is 9.97 Å². The number of H-pyrrole nitrogens is 1. The average Bonchev–Trinajstić information content (AvgIpc) is 2.77. The number of azide groups is 1. The molecule has 0 aromatic carbocycles. The van der Waals surface area contributed by atoms with Crippen molar-refractivity contribution in [2.45, 2.75) is 18.6 Å². The van der Waals surface area contributed by atoms with E-state index in [0.717, 1.165) is 6.20 Å². The molecule has 0 radical (unpaired) electrons. The Morgan fingerprint density at radius 2 is 2.41 bits per heavy atom. The van der Waals surface area contributed by atoms with Crippen molar-refractivity contribution in [3.63, 3.8) is 0 Å². The maximum atomic E-state index is 10.4. The van der Waals surface area contributed by atoms with Crippen molar-refractivity contribution in [3.8, 4) is 0 Å². The Bertz CT molecular complexity index is 439. The molecule has 0 fully saturated rings. The molecule has 0 aliphatic heterocycles. The van der Waals surface area contributed by atoms with Crippen molar-refractivity contribution in [3.05, 3.63) is 32.6 Å². The fourth-order valence-electron chi connectivity index (χ4n) is 1.14. The van der Waals surface area contributed by atoms with Gasteiger partial charge in [0.15, 0.2) is 6.10 Å². The third kappa shape index (κ3) is 3.41. The molecule has 0 aliphatic rings. The van der Waals surface area contributed by atoms with Gasteiger partial charge in [-0.05, 0) is 16.9 Å². The molecule has 1 aromatic rings. The summed E-state index contributed by atoms with van der Waals surface area (Å²) in [6.45, 7) is 0.0114. The normalized spacial score (nSPS) is 13.8. The Labute approximate surface area is 94.7 Å². The summed E-state index contributed by atoms with van der Waals surface area (Å²) in [7, 11) is 0. The maximum absolute atomic E-state index is 10.4. The van der Waals surface area contributed by atoms with E-state index < -0.39 is 17.1 Å². The number of nitrogens with one attached hydrogen (secondary N) is 1. The van der Waals surface area contributed by atoms with Crippen LogP contribution in [0.1, 0.15) is 18.3 Å². The first-order valence-corrected chi connectivity index (χ1v) is 4.62. The molecule has 10 nitrogen and oxygen atoms in total. The topological polar surface area (TPSA) is 161 Å². The van der Waals surface area contributed by atoms with Crippen LogP contribution in [0.2, 0.25) is 0 Å². The number of rotatable bonds is 6. The van der Waals surface area contributed by atoms with Gasteiger partial charge >= 0.3 is 5.82 Å². The van der Waals surface area contributed by atoms with E-state index in [1.54, 1.807) is 0 Å². The zero-order valence-corrected chi connectivity index (χ0v) is 8.59. The molecule has 2 atom stereocenters. The van der Waals surface area contributed by atoms with Gasteiger partial charge in [-0.15, -0.1) is 0 Å². The van der Waals surface area contributed by atoms with Crippen LogP contribution in [0.25, 0.3) is 10.4 Å². The van der Waals surface area contributed by atoms with E-state index in [9.17, 15) is 20.3 Å². The predicted molar refractivity (Wildman–Crippen MR) is 54.8 cm³/mol.